The second-order valence-corrected chi connectivity index (χ2v) is 9.01. The van der Waals surface area contributed by atoms with Gasteiger partial charge in [-0.05, 0) is 49.1 Å². The lowest BCUT2D eigenvalue weighted by molar-refractivity contribution is -0.117. The van der Waals surface area contributed by atoms with E-state index >= 15 is 0 Å². The van der Waals surface area contributed by atoms with Gasteiger partial charge >= 0.3 is 0 Å². The highest BCUT2D eigenvalue weighted by Crippen LogP contribution is 2.42. The van der Waals surface area contributed by atoms with Gasteiger partial charge in [-0.25, -0.2) is 0 Å². The average molecular weight is 454 g/mol. The van der Waals surface area contributed by atoms with E-state index in [4.69, 9.17) is 0 Å². The summed E-state index contributed by atoms with van der Waals surface area (Å²) in [5, 5.41) is 12.8. The molecule has 0 radical (unpaired) electrons. The SMILES string of the molecule is Cc1cccc(C)c1NC(=O)/C(C#N)=C1/SC(Cc2ccccc2)C(=O)N1c1ccccc1. The third-order valence-electron chi connectivity index (χ3n) is 5.50. The van der Waals surface area contributed by atoms with E-state index in [-0.39, 0.29) is 11.5 Å². The molecule has 0 saturated carbocycles. The molecule has 0 spiro atoms. The van der Waals surface area contributed by atoms with Crippen LogP contribution in [0.2, 0.25) is 0 Å². The lowest BCUT2D eigenvalue weighted by Crippen LogP contribution is -2.31. The van der Waals surface area contributed by atoms with Crippen molar-refractivity contribution in [2.24, 2.45) is 0 Å². The largest absolute Gasteiger partial charge is 0.321 e. The molecule has 0 bridgehead atoms. The number of aryl methyl sites for hydroxylation is 2. The molecule has 1 N–H and O–H groups in total. The molecule has 33 heavy (non-hydrogen) atoms. The zero-order valence-corrected chi connectivity index (χ0v) is 19.2. The molecule has 1 unspecified atom stereocenters. The molecule has 164 valence electrons. The van der Waals surface area contributed by atoms with Crippen LogP contribution in [0.3, 0.4) is 0 Å². The molecule has 1 aliphatic heterocycles. The van der Waals surface area contributed by atoms with Crippen LogP contribution in [0.4, 0.5) is 11.4 Å². The van der Waals surface area contributed by atoms with Crippen LogP contribution in [0.1, 0.15) is 16.7 Å². The molecule has 1 fully saturated rings. The predicted molar refractivity (Wildman–Crippen MR) is 133 cm³/mol. The molecule has 1 saturated heterocycles. The number of nitrogens with zero attached hydrogens (tertiary/aromatic N) is 2. The molecule has 2 amide bonds. The van der Waals surface area contributed by atoms with Gasteiger partial charge in [0.2, 0.25) is 5.91 Å². The Bertz CT molecular complexity index is 1240. The average Bonchev–Trinajstić information content (AvgIpc) is 3.13. The van der Waals surface area contributed by atoms with Gasteiger partial charge in [0.05, 0.1) is 5.25 Å². The number of anilines is 2. The Morgan fingerprint density at radius 2 is 1.58 bits per heavy atom. The molecular weight excluding hydrogens is 430 g/mol. The fraction of sp³-hybridized carbons (Fsp3) is 0.148. The first-order chi connectivity index (χ1) is 16.0. The van der Waals surface area contributed by atoms with Crippen molar-refractivity contribution in [2.45, 2.75) is 25.5 Å². The number of benzene rings is 3. The van der Waals surface area contributed by atoms with Crippen molar-refractivity contribution >= 4 is 35.0 Å². The number of nitriles is 1. The minimum Gasteiger partial charge on any atom is -0.321 e. The van der Waals surface area contributed by atoms with E-state index in [1.165, 1.54) is 16.7 Å². The Morgan fingerprint density at radius 1 is 0.970 bits per heavy atom. The summed E-state index contributed by atoms with van der Waals surface area (Å²) in [6, 6.07) is 26.7. The van der Waals surface area contributed by atoms with Crippen LogP contribution in [-0.4, -0.2) is 17.1 Å². The van der Waals surface area contributed by atoms with Crippen molar-refractivity contribution in [3.05, 3.63) is 106 Å². The van der Waals surface area contributed by atoms with Gasteiger partial charge in [-0.2, -0.15) is 5.26 Å². The van der Waals surface area contributed by atoms with Crippen LogP contribution in [0.25, 0.3) is 0 Å². The van der Waals surface area contributed by atoms with Gasteiger partial charge in [-0.15, -0.1) is 0 Å². The number of para-hydroxylation sites is 2. The zero-order valence-electron chi connectivity index (χ0n) is 18.4. The number of hydrogen-bond donors (Lipinski definition) is 1. The molecule has 0 aromatic heterocycles. The van der Waals surface area contributed by atoms with Crippen LogP contribution in [0.5, 0.6) is 0 Å². The second-order valence-electron chi connectivity index (χ2n) is 7.82. The topological polar surface area (TPSA) is 73.2 Å². The highest BCUT2D eigenvalue weighted by molar-refractivity contribution is 8.05. The summed E-state index contributed by atoms with van der Waals surface area (Å²) < 4.78 is 0. The van der Waals surface area contributed by atoms with Crippen molar-refractivity contribution in [2.75, 3.05) is 10.2 Å². The Kier molecular flexibility index (Phi) is 6.62. The highest BCUT2D eigenvalue weighted by Gasteiger charge is 2.40. The maximum atomic E-state index is 13.5. The van der Waals surface area contributed by atoms with E-state index in [1.54, 1.807) is 0 Å². The minimum absolute atomic E-state index is 0.0737. The molecular formula is C27H23N3O2S. The zero-order chi connectivity index (χ0) is 23.4. The smallest absolute Gasteiger partial charge is 0.269 e. The highest BCUT2D eigenvalue weighted by atomic mass is 32.2. The fourth-order valence-electron chi connectivity index (χ4n) is 3.81. The maximum absolute atomic E-state index is 13.5. The second kappa shape index (κ2) is 9.76. The van der Waals surface area contributed by atoms with Gasteiger partial charge in [-0.1, -0.05) is 78.5 Å². The standard InChI is InChI=1S/C27H23N3O2S/c1-18-10-9-11-19(2)24(18)29-25(31)22(17-28)27-30(21-14-7-4-8-15-21)26(32)23(33-27)16-20-12-5-3-6-13-20/h3-15,23H,16H2,1-2H3,(H,29,31)/b27-22+. The number of nitrogens with one attached hydrogen (secondary N) is 1. The number of thioether (sulfide) groups is 1. The minimum atomic E-state index is -0.522. The summed E-state index contributed by atoms with van der Waals surface area (Å²) in [6.45, 7) is 3.81. The van der Waals surface area contributed by atoms with Crippen molar-refractivity contribution in [3.8, 4) is 6.07 Å². The molecule has 6 heteroatoms. The van der Waals surface area contributed by atoms with Gasteiger partial charge < -0.3 is 5.32 Å². The van der Waals surface area contributed by atoms with Gasteiger partial charge in [0.25, 0.3) is 5.91 Å². The summed E-state index contributed by atoms with van der Waals surface area (Å²) in [5.74, 6) is -0.663. The number of carbonyl (C=O) groups excluding carboxylic acids is 2. The van der Waals surface area contributed by atoms with Crippen LogP contribution >= 0.6 is 11.8 Å². The lowest BCUT2D eigenvalue weighted by Gasteiger charge is -2.19. The summed E-state index contributed by atoms with van der Waals surface area (Å²) in [4.78, 5) is 28.2. The molecule has 1 atom stereocenters. The number of rotatable bonds is 5. The third-order valence-corrected chi connectivity index (χ3v) is 6.77. The Hall–Kier alpha value is -3.82. The summed E-state index contributed by atoms with van der Waals surface area (Å²) in [6.07, 6.45) is 0.508. The molecule has 1 heterocycles. The quantitative estimate of drug-likeness (QED) is 0.416. The van der Waals surface area contributed by atoms with Crippen LogP contribution in [-0.2, 0) is 16.0 Å². The molecule has 4 rings (SSSR count). The molecule has 1 aliphatic rings. The lowest BCUT2D eigenvalue weighted by atomic mass is 10.1. The van der Waals surface area contributed by atoms with E-state index in [2.05, 4.69) is 11.4 Å². The van der Waals surface area contributed by atoms with Crippen molar-refractivity contribution in [1.29, 1.82) is 5.26 Å². The van der Waals surface area contributed by atoms with E-state index in [0.29, 0.717) is 22.8 Å². The van der Waals surface area contributed by atoms with Crippen molar-refractivity contribution in [3.63, 3.8) is 0 Å². The van der Waals surface area contributed by atoms with Crippen molar-refractivity contribution in [1.82, 2.24) is 0 Å². The summed E-state index contributed by atoms with van der Waals surface area (Å²) in [7, 11) is 0. The summed E-state index contributed by atoms with van der Waals surface area (Å²) in [5.41, 5.74) is 4.07. The molecule has 5 nitrogen and oxygen atoms in total. The van der Waals surface area contributed by atoms with E-state index in [1.807, 2.05) is 92.7 Å². The Balaban J connectivity index is 1.74. The Labute approximate surface area is 197 Å². The van der Waals surface area contributed by atoms with E-state index in [9.17, 15) is 14.9 Å². The Morgan fingerprint density at radius 3 is 2.18 bits per heavy atom. The fourth-order valence-corrected chi connectivity index (χ4v) is 5.12. The number of hydrogen-bond acceptors (Lipinski definition) is 4. The van der Waals surface area contributed by atoms with Gasteiger partial charge in [0.15, 0.2) is 0 Å². The predicted octanol–water partition coefficient (Wildman–Crippen LogP) is 5.37. The van der Waals surface area contributed by atoms with Crippen molar-refractivity contribution < 1.29 is 9.59 Å². The third kappa shape index (κ3) is 4.69. The normalized spacial score (nSPS) is 16.9. The first kappa shape index (κ1) is 22.4. The van der Waals surface area contributed by atoms with E-state index in [0.717, 1.165) is 16.7 Å². The van der Waals surface area contributed by atoms with E-state index < -0.39 is 11.2 Å². The van der Waals surface area contributed by atoms with Crippen LogP contribution < -0.4 is 10.2 Å². The van der Waals surface area contributed by atoms with Gasteiger partial charge in [-0.3, -0.25) is 14.5 Å². The maximum Gasteiger partial charge on any atom is 0.269 e. The number of carbonyl (C=O) groups is 2. The molecule has 0 aliphatic carbocycles. The van der Waals surface area contributed by atoms with Gasteiger partial charge in [0, 0.05) is 11.4 Å². The first-order valence-corrected chi connectivity index (χ1v) is 11.5. The van der Waals surface area contributed by atoms with Crippen LogP contribution in [0.15, 0.2) is 89.5 Å². The molecule has 3 aromatic carbocycles. The molecule has 3 aromatic rings. The first-order valence-electron chi connectivity index (χ1n) is 10.6. The monoisotopic (exact) mass is 453 g/mol. The van der Waals surface area contributed by atoms with Crippen LogP contribution in [0, 0.1) is 25.2 Å². The van der Waals surface area contributed by atoms with Gasteiger partial charge in [0.1, 0.15) is 16.7 Å². The number of amides is 2. The summed E-state index contributed by atoms with van der Waals surface area (Å²) >= 11 is 1.27.